The van der Waals surface area contributed by atoms with Gasteiger partial charge in [0, 0.05) is 5.92 Å². The number of hydrogen-bond donors (Lipinski definition) is 0. The Balaban J connectivity index is 1.88. The van der Waals surface area contributed by atoms with Crippen molar-refractivity contribution >= 4 is 11.5 Å². The minimum atomic E-state index is -4.36. The minimum absolute atomic E-state index is 0.0264. The lowest BCUT2D eigenvalue weighted by atomic mass is 10.1. The number of nitrogens with zero attached hydrogens (tertiary/aromatic N) is 1. The van der Waals surface area contributed by atoms with Crippen molar-refractivity contribution in [1.29, 1.82) is 0 Å². The molecule has 0 amide bonds. The molecule has 2 rings (SSSR count). The lowest BCUT2D eigenvalue weighted by Crippen LogP contribution is -2.16. The standard InChI is InChI=1S/C21H22F3NO3/c1-14(2)20(26)13-27-19-10-6-17(7-11-19)15(3)25-28-12-16-4-8-18(9-5-16)21(22,23)24/h4-11,14H,12-13H2,1-3H3. The van der Waals surface area contributed by atoms with Crippen molar-refractivity contribution in [2.24, 2.45) is 11.1 Å². The monoisotopic (exact) mass is 393 g/mol. The second kappa shape index (κ2) is 9.39. The zero-order chi connectivity index (χ0) is 20.7. The van der Waals surface area contributed by atoms with Gasteiger partial charge in [-0.2, -0.15) is 13.2 Å². The predicted molar refractivity (Wildman–Crippen MR) is 100 cm³/mol. The van der Waals surface area contributed by atoms with Gasteiger partial charge in [0.15, 0.2) is 5.78 Å². The van der Waals surface area contributed by atoms with Crippen molar-refractivity contribution in [3.8, 4) is 5.75 Å². The zero-order valence-electron chi connectivity index (χ0n) is 15.9. The Bertz CT molecular complexity index is 810. The molecule has 0 radical (unpaired) electrons. The lowest BCUT2D eigenvalue weighted by molar-refractivity contribution is -0.137. The first-order valence-corrected chi connectivity index (χ1v) is 8.75. The Morgan fingerprint density at radius 1 is 1.04 bits per heavy atom. The van der Waals surface area contributed by atoms with E-state index < -0.39 is 11.7 Å². The van der Waals surface area contributed by atoms with Gasteiger partial charge < -0.3 is 9.57 Å². The van der Waals surface area contributed by atoms with Crippen LogP contribution in [0.15, 0.2) is 53.7 Å². The highest BCUT2D eigenvalue weighted by Gasteiger charge is 2.29. The van der Waals surface area contributed by atoms with Crippen LogP contribution in [0.1, 0.15) is 37.5 Å². The molecule has 0 atom stereocenters. The van der Waals surface area contributed by atoms with Gasteiger partial charge in [0.05, 0.1) is 11.3 Å². The average molecular weight is 393 g/mol. The Morgan fingerprint density at radius 2 is 1.64 bits per heavy atom. The lowest BCUT2D eigenvalue weighted by Gasteiger charge is -2.08. The highest BCUT2D eigenvalue weighted by molar-refractivity contribution is 5.98. The van der Waals surface area contributed by atoms with Crippen LogP contribution in [0.3, 0.4) is 0 Å². The van der Waals surface area contributed by atoms with E-state index in [9.17, 15) is 18.0 Å². The van der Waals surface area contributed by atoms with Crippen molar-refractivity contribution in [3.05, 3.63) is 65.2 Å². The van der Waals surface area contributed by atoms with Crippen LogP contribution in [-0.4, -0.2) is 18.1 Å². The number of ketones is 1. The maximum absolute atomic E-state index is 12.5. The summed E-state index contributed by atoms with van der Waals surface area (Å²) < 4.78 is 43.0. The molecule has 0 saturated heterocycles. The SMILES string of the molecule is CC(=NOCc1ccc(C(F)(F)F)cc1)c1ccc(OCC(=O)C(C)C)cc1. The molecule has 2 aromatic rings. The van der Waals surface area contributed by atoms with Crippen molar-refractivity contribution in [2.75, 3.05) is 6.61 Å². The molecule has 0 fully saturated rings. The third-order valence-electron chi connectivity index (χ3n) is 4.01. The largest absolute Gasteiger partial charge is 0.486 e. The minimum Gasteiger partial charge on any atom is -0.486 e. The van der Waals surface area contributed by atoms with E-state index in [0.717, 1.165) is 17.7 Å². The molecule has 0 aliphatic carbocycles. The van der Waals surface area contributed by atoms with Crippen LogP contribution in [-0.2, 0) is 22.4 Å². The number of hydrogen-bond acceptors (Lipinski definition) is 4. The molecule has 150 valence electrons. The number of Topliss-reactive ketones (excluding diaryl/α,β-unsaturated/α-hetero) is 1. The topological polar surface area (TPSA) is 47.9 Å². The summed E-state index contributed by atoms with van der Waals surface area (Å²) in [6, 6.07) is 11.8. The summed E-state index contributed by atoms with van der Waals surface area (Å²) in [4.78, 5) is 16.8. The van der Waals surface area contributed by atoms with Gasteiger partial charge in [0.25, 0.3) is 0 Å². The van der Waals surface area contributed by atoms with Crippen molar-refractivity contribution < 1.29 is 27.5 Å². The maximum Gasteiger partial charge on any atom is 0.416 e. The van der Waals surface area contributed by atoms with Crippen LogP contribution in [0.4, 0.5) is 13.2 Å². The van der Waals surface area contributed by atoms with Crippen molar-refractivity contribution in [2.45, 2.75) is 33.6 Å². The smallest absolute Gasteiger partial charge is 0.416 e. The molecule has 2 aromatic carbocycles. The van der Waals surface area contributed by atoms with E-state index in [1.807, 2.05) is 13.8 Å². The van der Waals surface area contributed by atoms with Crippen LogP contribution in [0.25, 0.3) is 0 Å². The molecule has 0 N–H and O–H groups in total. The number of oxime groups is 1. The number of ether oxygens (including phenoxy) is 1. The van der Waals surface area contributed by atoms with Crippen LogP contribution in [0, 0.1) is 5.92 Å². The van der Waals surface area contributed by atoms with E-state index >= 15 is 0 Å². The highest BCUT2D eigenvalue weighted by atomic mass is 19.4. The van der Waals surface area contributed by atoms with E-state index in [0.29, 0.717) is 17.0 Å². The molecule has 28 heavy (non-hydrogen) atoms. The Kier molecular flexibility index (Phi) is 7.20. The van der Waals surface area contributed by atoms with E-state index in [1.165, 1.54) is 12.1 Å². The van der Waals surface area contributed by atoms with Crippen molar-refractivity contribution in [3.63, 3.8) is 0 Å². The van der Waals surface area contributed by atoms with Crippen LogP contribution >= 0.6 is 0 Å². The van der Waals surface area contributed by atoms with Crippen molar-refractivity contribution in [1.82, 2.24) is 0 Å². The summed E-state index contributed by atoms with van der Waals surface area (Å²) in [5.74, 6) is 0.533. The molecule has 0 aliphatic heterocycles. The number of carbonyl (C=O) groups is 1. The van der Waals surface area contributed by atoms with Gasteiger partial charge in [-0.05, 0) is 54.4 Å². The quantitative estimate of drug-likeness (QED) is 0.455. The van der Waals surface area contributed by atoms with E-state index in [4.69, 9.17) is 9.57 Å². The van der Waals surface area contributed by atoms with Gasteiger partial charge in [-0.25, -0.2) is 0 Å². The zero-order valence-corrected chi connectivity index (χ0v) is 15.9. The summed E-state index contributed by atoms with van der Waals surface area (Å²) in [6.45, 7) is 5.48. The van der Waals surface area contributed by atoms with Crippen LogP contribution in [0.5, 0.6) is 5.75 Å². The number of rotatable bonds is 8. The Hall–Kier alpha value is -2.83. The second-order valence-electron chi connectivity index (χ2n) is 6.58. The maximum atomic E-state index is 12.5. The highest BCUT2D eigenvalue weighted by Crippen LogP contribution is 2.29. The van der Waals surface area contributed by atoms with Gasteiger partial charge in [0.1, 0.15) is 19.0 Å². The second-order valence-corrected chi connectivity index (χ2v) is 6.58. The molecule has 0 unspecified atom stereocenters. The van der Waals surface area contributed by atoms with E-state index in [-0.39, 0.29) is 24.9 Å². The van der Waals surface area contributed by atoms with Gasteiger partial charge >= 0.3 is 6.18 Å². The summed E-state index contributed by atoms with van der Waals surface area (Å²) in [7, 11) is 0. The van der Waals surface area contributed by atoms with Crippen LogP contribution in [0.2, 0.25) is 0 Å². The van der Waals surface area contributed by atoms with Gasteiger partial charge in [0.2, 0.25) is 0 Å². The normalized spacial score (nSPS) is 12.2. The summed E-state index contributed by atoms with van der Waals surface area (Å²) in [5.41, 5.74) is 1.29. The third kappa shape index (κ3) is 6.40. The predicted octanol–water partition coefficient (Wildman–Crippen LogP) is 5.25. The Morgan fingerprint density at radius 3 is 2.18 bits per heavy atom. The molecular weight excluding hydrogens is 371 g/mol. The fourth-order valence-electron chi connectivity index (χ4n) is 2.16. The molecule has 0 spiro atoms. The molecule has 0 saturated carbocycles. The number of benzene rings is 2. The Labute approximate surface area is 162 Å². The molecule has 4 nitrogen and oxygen atoms in total. The third-order valence-corrected chi connectivity index (χ3v) is 4.01. The molecule has 0 bridgehead atoms. The summed E-state index contributed by atoms with van der Waals surface area (Å²) in [6.07, 6.45) is -4.36. The molecular formula is C21H22F3NO3. The number of alkyl halides is 3. The molecule has 0 aromatic heterocycles. The molecule has 0 heterocycles. The molecule has 7 heteroatoms. The first-order valence-electron chi connectivity index (χ1n) is 8.75. The van der Waals surface area contributed by atoms with E-state index in [1.54, 1.807) is 31.2 Å². The summed E-state index contributed by atoms with van der Waals surface area (Å²) >= 11 is 0. The number of halogens is 3. The first kappa shape index (κ1) is 21.5. The van der Waals surface area contributed by atoms with Gasteiger partial charge in [-0.1, -0.05) is 31.1 Å². The fraction of sp³-hybridized carbons (Fsp3) is 0.333. The first-order chi connectivity index (χ1) is 13.2. The average Bonchev–Trinajstić information content (AvgIpc) is 2.66. The fourth-order valence-corrected chi connectivity index (χ4v) is 2.16. The van der Waals surface area contributed by atoms with Gasteiger partial charge in [-0.3, -0.25) is 4.79 Å². The van der Waals surface area contributed by atoms with Crippen LogP contribution < -0.4 is 4.74 Å². The van der Waals surface area contributed by atoms with Gasteiger partial charge in [-0.15, -0.1) is 0 Å². The van der Waals surface area contributed by atoms with E-state index in [2.05, 4.69) is 5.16 Å². The number of carbonyl (C=O) groups excluding carboxylic acids is 1. The summed E-state index contributed by atoms with van der Waals surface area (Å²) in [5, 5.41) is 3.99. The molecule has 0 aliphatic rings.